The van der Waals surface area contributed by atoms with E-state index in [-0.39, 0.29) is 6.04 Å². The van der Waals surface area contributed by atoms with Crippen molar-refractivity contribution in [1.82, 2.24) is 0 Å². The number of benzene rings is 2. The Morgan fingerprint density at radius 1 is 1.14 bits per heavy atom. The van der Waals surface area contributed by atoms with Crippen LogP contribution in [0.5, 0.6) is 11.5 Å². The Morgan fingerprint density at radius 2 is 1.95 bits per heavy atom. The van der Waals surface area contributed by atoms with Crippen LogP contribution in [0.2, 0.25) is 0 Å². The van der Waals surface area contributed by atoms with Crippen LogP contribution in [0.1, 0.15) is 18.1 Å². The summed E-state index contributed by atoms with van der Waals surface area (Å²) in [5, 5.41) is 0. The number of methoxy groups -OCH3 is 1. The maximum Gasteiger partial charge on any atom is 0.134 e. The van der Waals surface area contributed by atoms with Crippen molar-refractivity contribution in [3.63, 3.8) is 0 Å². The van der Waals surface area contributed by atoms with Crippen molar-refractivity contribution in [2.24, 2.45) is 5.73 Å². The molecule has 112 valence electrons. The second-order valence-corrected chi connectivity index (χ2v) is 5.94. The van der Waals surface area contributed by atoms with E-state index in [1.54, 1.807) is 7.11 Å². The molecule has 2 aromatic rings. The molecule has 0 radical (unpaired) electrons. The molecule has 2 N–H and O–H groups in total. The van der Waals surface area contributed by atoms with Gasteiger partial charge in [-0.1, -0.05) is 18.2 Å². The van der Waals surface area contributed by atoms with Gasteiger partial charge in [-0.2, -0.15) is 0 Å². The molecule has 0 aliphatic rings. The van der Waals surface area contributed by atoms with Gasteiger partial charge in [0.2, 0.25) is 0 Å². The topological polar surface area (TPSA) is 44.5 Å². The van der Waals surface area contributed by atoms with Crippen LogP contribution in [-0.2, 0) is 13.0 Å². The molecule has 0 aliphatic carbocycles. The molecule has 1 unspecified atom stereocenters. The van der Waals surface area contributed by atoms with Crippen LogP contribution in [0.25, 0.3) is 0 Å². The molecule has 0 amide bonds. The van der Waals surface area contributed by atoms with Crippen molar-refractivity contribution in [1.29, 1.82) is 0 Å². The Morgan fingerprint density at radius 3 is 2.62 bits per heavy atom. The SMILES string of the molecule is COc1cccc(COc2ccc(CC(C)N)cc2Br)c1. The predicted octanol–water partition coefficient (Wildman–Crippen LogP) is 3.93. The molecule has 0 heterocycles. The lowest BCUT2D eigenvalue weighted by Crippen LogP contribution is -2.17. The molecular weight excluding hydrogens is 330 g/mol. The van der Waals surface area contributed by atoms with Crippen LogP contribution >= 0.6 is 15.9 Å². The molecule has 21 heavy (non-hydrogen) atoms. The molecule has 0 saturated carbocycles. The van der Waals surface area contributed by atoms with Gasteiger partial charge in [0.25, 0.3) is 0 Å². The minimum atomic E-state index is 0.153. The number of hydrogen-bond donors (Lipinski definition) is 1. The zero-order valence-corrected chi connectivity index (χ0v) is 13.9. The molecule has 0 fully saturated rings. The highest BCUT2D eigenvalue weighted by Crippen LogP contribution is 2.27. The lowest BCUT2D eigenvalue weighted by atomic mass is 10.1. The molecule has 1 atom stereocenters. The largest absolute Gasteiger partial charge is 0.497 e. The molecule has 2 aromatic carbocycles. The van der Waals surface area contributed by atoms with Gasteiger partial charge in [-0.05, 0) is 64.7 Å². The highest BCUT2D eigenvalue weighted by molar-refractivity contribution is 9.10. The fraction of sp³-hybridized carbons (Fsp3) is 0.294. The van der Waals surface area contributed by atoms with Gasteiger partial charge in [-0.15, -0.1) is 0 Å². The second-order valence-electron chi connectivity index (χ2n) is 5.09. The molecule has 0 aliphatic heterocycles. The predicted molar refractivity (Wildman–Crippen MR) is 88.8 cm³/mol. The molecule has 0 saturated heterocycles. The summed E-state index contributed by atoms with van der Waals surface area (Å²) in [5.41, 5.74) is 8.09. The Balaban J connectivity index is 2.02. The van der Waals surface area contributed by atoms with Gasteiger partial charge in [0.15, 0.2) is 0 Å². The Kier molecular flexibility index (Phi) is 5.65. The Bertz CT molecular complexity index is 599. The van der Waals surface area contributed by atoms with E-state index in [0.29, 0.717) is 6.61 Å². The monoisotopic (exact) mass is 349 g/mol. The maximum atomic E-state index is 5.85. The average Bonchev–Trinajstić information content (AvgIpc) is 2.46. The lowest BCUT2D eigenvalue weighted by molar-refractivity contribution is 0.303. The third kappa shape index (κ3) is 4.76. The average molecular weight is 350 g/mol. The molecule has 4 heteroatoms. The summed E-state index contributed by atoms with van der Waals surface area (Å²) < 4.78 is 12.0. The molecular formula is C17H20BrNO2. The minimum Gasteiger partial charge on any atom is -0.497 e. The van der Waals surface area contributed by atoms with E-state index < -0.39 is 0 Å². The fourth-order valence-corrected chi connectivity index (χ4v) is 2.62. The second kappa shape index (κ2) is 7.48. The molecule has 0 bridgehead atoms. The van der Waals surface area contributed by atoms with Crippen LogP contribution in [0.4, 0.5) is 0 Å². The number of halogens is 1. The number of hydrogen-bond acceptors (Lipinski definition) is 3. The first kappa shape index (κ1) is 15.9. The van der Waals surface area contributed by atoms with Crippen LogP contribution in [0, 0.1) is 0 Å². The van der Waals surface area contributed by atoms with E-state index in [2.05, 4.69) is 28.1 Å². The van der Waals surface area contributed by atoms with Crippen LogP contribution in [0.15, 0.2) is 46.9 Å². The van der Waals surface area contributed by atoms with E-state index >= 15 is 0 Å². The summed E-state index contributed by atoms with van der Waals surface area (Å²) >= 11 is 3.55. The van der Waals surface area contributed by atoms with Crippen LogP contribution in [0.3, 0.4) is 0 Å². The van der Waals surface area contributed by atoms with E-state index in [1.165, 1.54) is 5.56 Å². The standard InChI is InChI=1S/C17H20BrNO2/c1-12(19)8-13-6-7-17(16(18)10-13)21-11-14-4-3-5-15(9-14)20-2/h3-7,9-10,12H,8,11,19H2,1-2H3. The van der Waals surface area contributed by atoms with Gasteiger partial charge in [0.05, 0.1) is 11.6 Å². The van der Waals surface area contributed by atoms with E-state index in [1.807, 2.05) is 37.3 Å². The first-order chi connectivity index (χ1) is 10.1. The zero-order valence-electron chi connectivity index (χ0n) is 12.3. The number of rotatable bonds is 6. The van der Waals surface area contributed by atoms with Gasteiger partial charge in [0, 0.05) is 6.04 Å². The summed E-state index contributed by atoms with van der Waals surface area (Å²) in [6.45, 7) is 2.50. The van der Waals surface area contributed by atoms with Crippen molar-refractivity contribution < 1.29 is 9.47 Å². The zero-order chi connectivity index (χ0) is 15.2. The van der Waals surface area contributed by atoms with Crippen molar-refractivity contribution in [2.45, 2.75) is 26.0 Å². The van der Waals surface area contributed by atoms with Gasteiger partial charge in [-0.25, -0.2) is 0 Å². The third-order valence-corrected chi connectivity index (χ3v) is 3.70. The summed E-state index contributed by atoms with van der Waals surface area (Å²) in [5.74, 6) is 1.66. The van der Waals surface area contributed by atoms with Crippen molar-refractivity contribution in [3.8, 4) is 11.5 Å². The highest BCUT2D eigenvalue weighted by Gasteiger charge is 2.05. The lowest BCUT2D eigenvalue weighted by Gasteiger charge is -2.11. The summed E-state index contributed by atoms with van der Waals surface area (Å²) in [6, 6.07) is 14.1. The first-order valence-corrected chi connectivity index (χ1v) is 7.67. The van der Waals surface area contributed by atoms with E-state index in [9.17, 15) is 0 Å². The van der Waals surface area contributed by atoms with E-state index in [0.717, 1.165) is 28.0 Å². The molecule has 0 aromatic heterocycles. The maximum absolute atomic E-state index is 5.85. The summed E-state index contributed by atoms with van der Waals surface area (Å²) in [6.07, 6.45) is 0.856. The van der Waals surface area contributed by atoms with Crippen LogP contribution in [-0.4, -0.2) is 13.2 Å². The molecule has 0 spiro atoms. The number of nitrogens with two attached hydrogens (primary N) is 1. The normalized spacial score (nSPS) is 12.0. The Labute approximate surface area is 134 Å². The fourth-order valence-electron chi connectivity index (χ4n) is 2.08. The summed E-state index contributed by atoms with van der Waals surface area (Å²) in [7, 11) is 1.66. The van der Waals surface area contributed by atoms with E-state index in [4.69, 9.17) is 15.2 Å². The van der Waals surface area contributed by atoms with Gasteiger partial charge in [-0.3, -0.25) is 0 Å². The van der Waals surface area contributed by atoms with Crippen molar-refractivity contribution >= 4 is 15.9 Å². The highest BCUT2D eigenvalue weighted by atomic mass is 79.9. The van der Waals surface area contributed by atoms with Gasteiger partial charge in [0.1, 0.15) is 18.1 Å². The Hall–Kier alpha value is -1.52. The van der Waals surface area contributed by atoms with Crippen molar-refractivity contribution in [2.75, 3.05) is 7.11 Å². The van der Waals surface area contributed by atoms with Gasteiger partial charge < -0.3 is 15.2 Å². The van der Waals surface area contributed by atoms with Crippen molar-refractivity contribution in [3.05, 3.63) is 58.1 Å². The molecule has 2 rings (SSSR count). The third-order valence-electron chi connectivity index (χ3n) is 3.08. The minimum absolute atomic E-state index is 0.153. The smallest absolute Gasteiger partial charge is 0.134 e. The quantitative estimate of drug-likeness (QED) is 0.859. The molecule has 3 nitrogen and oxygen atoms in total. The number of ether oxygens (including phenoxy) is 2. The van der Waals surface area contributed by atoms with Gasteiger partial charge >= 0.3 is 0 Å². The first-order valence-electron chi connectivity index (χ1n) is 6.88. The summed E-state index contributed by atoms with van der Waals surface area (Å²) in [4.78, 5) is 0. The van der Waals surface area contributed by atoms with Crippen LogP contribution < -0.4 is 15.2 Å².